The van der Waals surface area contributed by atoms with Gasteiger partial charge < -0.3 is 9.63 Å². The highest BCUT2D eigenvalue weighted by atomic mass is 19.1. The SMILES string of the molecule is Cc1cc(F)ccc1-c1noc(Cc2ccccc2O)n1. The van der Waals surface area contributed by atoms with Crippen molar-refractivity contribution in [2.75, 3.05) is 0 Å². The minimum Gasteiger partial charge on any atom is -0.508 e. The second-order valence-electron chi connectivity index (χ2n) is 4.78. The molecule has 0 amide bonds. The predicted molar refractivity (Wildman–Crippen MR) is 75.3 cm³/mol. The molecule has 0 radical (unpaired) electrons. The van der Waals surface area contributed by atoms with Crippen LogP contribution in [0.15, 0.2) is 47.0 Å². The molecule has 3 rings (SSSR count). The van der Waals surface area contributed by atoms with Crippen LogP contribution in [-0.2, 0) is 6.42 Å². The van der Waals surface area contributed by atoms with Crippen LogP contribution in [0.4, 0.5) is 4.39 Å². The maximum atomic E-state index is 13.1. The summed E-state index contributed by atoms with van der Waals surface area (Å²) in [6.07, 6.45) is 0.347. The summed E-state index contributed by atoms with van der Waals surface area (Å²) in [7, 11) is 0. The zero-order valence-corrected chi connectivity index (χ0v) is 11.4. The van der Waals surface area contributed by atoms with Gasteiger partial charge in [-0.05, 0) is 36.8 Å². The highest BCUT2D eigenvalue weighted by Gasteiger charge is 2.13. The fourth-order valence-corrected chi connectivity index (χ4v) is 2.14. The first-order valence-electron chi connectivity index (χ1n) is 6.49. The molecule has 0 spiro atoms. The van der Waals surface area contributed by atoms with Crippen molar-refractivity contribution in [3.63, 3.8) is 0 Å². The molecule has 0 aliphatic rings. The Morgan fingerprint density at radius 1 is 1.19 bits per heavy atom. The smallest absolute Gasteiger partial charge is 0.231 e. The van der Waals surface area contributed by atoms with Crippen molar-refractivity contribution >= 4 is 0 Å². The third-order valence-corrected chi connectivity index (χ3v) is 3.23. The zero-order valence-electron chi connectivity index (χ0n) is 11.4. The minimum atomic E-state index is -0.297. The molecule has 5 heteroatoms. The van der Waals surface area contributed by atoms with Gasteiger partial charge in [-0.25, -0.2) is 4.39 Å². The van der Waals surface area contributed by atoms with Crippen LogP contribution in [0, 0.1) is 12.7 Å². The average molecular weight is 284 g/mol. The van der Waals surface area contributed by atoms with E-state index in [0.717, 1.165) is 11.1 Å². The van der Waals surface area contributed by atoms with Crippen LogP contribution >= 0.6 is 0 Å². The van der Waals surface area contributed by atoms with Crippen LogP contribution in [0.5, 0.6) is 5.75 Å². The number of aromatic hydroxyl groups is 1. The van der Waals surface area contributed by atoms with Crippen molar-refractivity contribution in [3.05, 3.63) is 65.3 Å². The van der Waals surface area contributed by atoms with Gasteiger partial charge in [-0.3, -0.25) is 0 Å². The summed E-state index contributed by atoms with van der Waals surface area (Å²) >= 11 is 0. The number of benzene rings is 2. The van der Waals surface area contributed by atoms with Crippen LogP contribution < -0.4 is 0 Å². The maximum absolute atomic E-state index is 13.1. The molecule has 1 aromatic heterocycles. The fourth-order valence-electron chi connectivity index (χ4n) is 2.14. The van der Waals surface area contributed by atoms with E-state index in [2.05, 4.69) is 10.1 Å². The van der Waals surface area contributed by atoms with Gasteiger partial charge in [0.05, 0.1) is 6.42 Å². The molecule has 0 atom stereocenters. The quantitative estimate of drug-likeness (QED) is 0.800. The van der Waals surface area contributed by atoms with E-state index in [1.165, 1.54) is 12.1 Å². The molecule has 0 bridgehead atoms. The third-order valence-electron chi connectivity index (χ3n) is 3.23. The molecule has 2 aromatic carbocycles. The zero-order chi connectivity index (χ0) is 14.8. The topological polar surface area (TPSA) is 59.2 Å². The average Bonchev–Trinajstić information content (AvgIpc) is 2.90. The van der Waals surface area contributed by atoms with Crippen molar-refractivity contribution in [2.24, 2.45) is 0 Å². The summed E-state index contributed by atoms with van der Waals surface area (Å²) in [5.41, 5.74) is 2.18. The van der Waals surface area contributed by atoms with Crippen molar-refractivity contribution in [2.45, 2.75) is 13.3 Å². The minimum absolute atomic E-state index is 0.190. The molecule has 0 aliphatic carbocycles. The lowest BCUT2D eigenvalue weighted by atomic mass is 10.1. The predicted octanol–water partition coefficient (Wildman–Crippen LogP) is 3.48. The van der Waals surface area contributed by atoms with E-state index in [1.54, 1.807) is 31.2 Å². The normalized spacial score (nSPS) is 10.8. The number of para-hydroxylation sites is 1. The number of nitrogens with zero attached hydrogens (tertiary/aromatic N) is 2. The van der Waals surface area contributed by atoms with E-state index >= 15 is 0 Å². The Bertz CT molecular complexity index is 783. The van der Waals surface area contributed by atoms with E-state index in [0.29, 0.717) is 23.7 Å². The molecule has 0 fully saturated rings. The number of hydrogen-bond acceptors (Lipinski definition) is 4. The highest BCUT2D eigenvalue weighted by molar-refractivity contribution is 5.59. The molecule has 0 unspecified atom stereocenters. The number of rotatable bonds is 3. The molecular weight excluding hydrogens is 271 g/mol. The van der Waals surface area contributed by atoms with E-state index < -0.39 is 0 Å². The Labute approximate surface area is 120 Å². The van der Waals surface area contributed by atoms with Crippen LogP contribution in [0.2, 0.25) is 0 Å². The second-order valence-corrected chi connectivity index (χ2v) is 4.78. The Balaban J connectivity index is 1.88. The molecular formula is C16H13FN2O2. The monoisotopic (exact) mass is 284 g/mol. The number of phenolic OH excluding ortho intramolecular Hbond substituents is 1. The summed E-state index contributed by atoms with van der Waals surface area (Å²) in [5, 5.41) is 13.7. The Hall–Kier alpha value is -2.69. The largest absolute Gasteiger partial charge is 0.508 e. The standard InChI is InChI=1S/C16H13FN2O2/c1-10-8-12(17)6-7-13(10)16-18-15(21-19-16)9-11-4-2-3-5-14(11)20/h2-8,20H,9H2,1H3. The van der Waals surface area contributed by atoms with Crippen LogP contribution in [-0.4, -0.2) is 15.2 Å². The van der Waals surface area contributed by atoms with E-state index in [9.17, 15) is 9.50 Å². The Kier molecular flexibility index (Phi) is 3.39. The van der Waals surface area contributed by atoms with Crippen molar-refractivity contribution in [1.82, 2.24) is 10.1 Å². The van der Waals surface area contributed by atoms with Gasteiger partial charge in [-0.1, -0.05) is 23.4 Å². The van der Waals surface area contributed by atoms with Gasteiger partial charge in [0.15, 0.2) is 0 Å². The highest BCUT2D eigenvalue weighted by Crippen LogP contribution is 2.23. The van der Waals surface area contributed by atoms with Crippen molar-refractivity contribution in [3.8, 4) is 17.1 Å². The van der Waals surface area contributed by atoms with Crippen LogP contribution in [0.1, 0.15) is 17.0 Å². The summed E-state index contributed by atoms with van der Waals surface area (Å²) in [6.45, 7) is 1.79. The van der Waals surface area contributed by atoms with Gasteiger partial charge in [0.1, 0.15) is 11.6 Å². The van der Waals surface area contributed by atoms with Gasteiger partial charge >= 0.3 is 0 Å². The maximum Gasteiger partial charge on any atom is 0.231 e. The summed E-state index contributed by atoms with van der Waals surface area (Å²) < 4.78 is 18.3. The molecule has 0 saturated heterocycles. The van der Waals surface area contributed by atoms with Gasteiger partial charge in [0.2, 0.25) is 11.7 Å². The fraction of sp³-hybridized carbons (Fsp3) is 0.125. The molecule has 4 nitrogen and oxygen atoms in total. The van der Waals surface area contributed by atoms with E-state index in [1.807, 2.05) is 6.07 Å². The number of halogens is 1. The first-order valence-corrected chi connectivity index (χ1v) is 6.49. The molecule has 0 aliphatic heterocycles. The molecule has 0 saturated carbocycles. The number of phenols is 1. The lowest BCUT2D eigenvalue weighted by Crippen LogP contribution is -1.90. The van der Waals surface area contributed by atoms with Crippen LogP contribution in [0.3, 0.4) is 0 Å². The second kappa shape index (κ2) is 5.36. The lowest BCUT2D eigenvalue weighted by molar-refractivity contribution is 0.383. The molecule has 106 valence electrons. The molecule has 1 heterocycles. The van der Waals surface area contributed by atoms with Gasteiger partial charge in [-0.2, -0.15) is 4.98 Å². The summed E-state index contributed by atoms with van der Waals surface area (Å²) in [5.74, 6) is 0.706. The van der Waals surface area contributed by atoms with Gasteiger partial charge in [-0.15, -0.1) is 0 Å². The van der Waals surface area contributed by atoms with E-state index in [-0.39, 0.29) is 11.6 Å². The van der Waals surface area contributed by atoms with Gasteiger partial charge in [0, 0.05) is 11.1 Å². The Morgan fingerprint density at radius 2 is 2.00 bits per heavy atom. The van der Waals surface area contributed by atoms with Crippen molar-refractivity contribution < 1.29 is 14.0 Å². The van der Waals surface area contributed by atoms with Gasteiger partial charge in [0.25, 0.3) is 0 Å². The third kappa shape index (κ3) is 2.76. The summed E-state index contributed by atoms with van der Waals surface area (Å²) in [4.78, 5) is 4.30. The number of aromatic nitrogens is 2. The lowest BCUT2D eigenvalue weighted by Gasteiger charge is -2.00. The Morgan fingerprint density at radius 3 is 2.76 bits per heavy atom. The molecule has 21 heavy (non-hydrogen) atoms. The first-order chi connectivity index (χ1) is 10.1. The number of hydrogen-bond donors (Lipinski definition) is 1. The van der Waals surface area contributed by atoms with E-state index in [4.69, 9.17) is 4.52 Å². The van der Waals surface area contributed by atoms with Crippen LogP contribution in [0.25, 0.3) is 11.4 Å². The number of aryl methyl sites for hydroxylation is 1. The molecule has 1 N–H and O–H groups in total. The first kappa shape index (κ1) is 13.3. The van der Waals surface area contributed by atoms with Crippen molar-refractivity contribution in [1.29, 1.82) is 0 Å². The summed E-state index contributed by atoms with van der Waals surface area (Å²) in [6, 6.07) is 11.4. The molecule has 3 aromatic rings.